The van der Waals surface area contributed by atoms with Crippen LogP contribution in [-0.4, -0.2) is 350 Å². The predicted molar refractivity (Wildman–Crippen MR) is 525 cm³/mol. The van der Waals surface area contributed by atoms with Gasteiger partial charge in [0.1, 0.15) is 0 Å². The van der Waals surface area contributed by atoms with E-state index in [1.54, 1.807) is 0 Å². The Bertz CT molecular complexity index is 1540. The van der Waals surface area contributed by atoms with E-state index in [0.29, 0.717) is 238 Å². The summed E-state index contributed by atoms with van der Waals surface area (Å²) >= 11 is 0. The molecule has 0 aromatic heterocycles. The molecule has 3 rings (SSSR count). The molecule has 0 aromatic rings. The predicted octanol–water partition coefficient (Wildman–Crippen LogP) is 11.2. The van der Waals surface area contributed by atoms with Crippen LogP contribution in [0.15, 0.2) is 0 Å². The van der Waals surface area contributed by atoms with Gasteiger partial charge >= 0.3 is 178 Å². The van der Waals surface area contributed by atoms with Gasteiger partial charge in [0.15, 0.2) is 0 Å². The van der Waals surface area contributed by atoms with Gasteiger partial charge in [-0.25, -0.2) is 0 Å². The van der Waals surface area contributed by atoms with Gasteiger partial charge in [0.25, 0.3) is 0 Å². The Morgan fingerprint density at radius 1 is 0.174 bits per heavy atom. The fourth-order valence-electron chi connectivity index (χ4n) is 10.2. The number of nitrogens with zero attached hydrogens (tertiary/aromatic N) is 6. The van der Waals surface area contributed by atoms with Crippen LogP contribution in [0.3, 0.4) is 0 Å². The average molecular weight is 2290 g/mol. The molecule has 0 bridgehead atoms. The molecule has 3 saturated heterocycles. The summed E-state index contributed by atoms with van der Waals surface area (Å²) in [6, 6.07) is 0. The topological polar surface area (TPSA) is 306 Å². The first-order valence-corrected chi connectivity index (χ1v) is 84.1. The smallest absolute Gasteiger partial charge is 0.833 e. The summed E-state index contributed by atoms with van der Waals surface area (Å²) in [5.41, 5.74) is 0. The molecule has 3 aliphatic rings. The largest absolute Gasteiger partial charge is 3.00 e. The first-order valence-electron chi connectivity index (χ1n) is 42.7. The summed E-state index contributed by atoms with van der Waals surface area (Å²) < 4.78 is 130. The minimum Gasteiger partial charge on any atom is -0.833 e. The Labute approximate surface area is 905 Å². The number of hydrogen-bond donors (Lipinski definition) is 0. The third-order valence-corrected chi connectivity index (χ3v) is 43.4. The molecule has 0 spiro atoms. The second kappa shape index (κ2) is 96.8. The van der Waals surface area contributed by atoms with Crippen molar-refractivity contribution in [3.8, 4) is 12.2 Å². The van der Waals surface area contributed by atoms with Crippen molar-refractivity contribution in [2.45, 2.75) is 250 Å². The zero-order chi connectivity index (χ0) is 92.0. The van der Waals surface area contributed by atoms with E-state index < -0.39 is 98.8 Å². The van der Waals surface area contributed by atoms with Crippen molar-refractivity contribution in [1.82, 2.24) is 0 Å². The normalized spacial score (nSPS) is 17.4. The molecule has 27 nitrogen and oxygen atoms in total. The van der Waals surface area contributed by atoms with Crippen molar-refractivity contribution in [2.24, 2.45) is 0 Å². The van der Waals surface area contributed by atoms with Gasteiger partial charge in [-0.2, -0.15) is 12.2 Å². The van der Waals surface area contributed by atoms with Crippen LogP contribution in [0, 0.1) is 87.7 Å². The van der Waals surface area contributed by atoms with Crippen molar-refractivity contribution in [3.63, 3.8) is 0 Å². The van der Waals surface area contributed by atoms with E-state index in [1.807, 2.05) is 13.8 Å². The van der Waals surface area contributed by atoms with Gasteiger partial charge in [-0.15, -0.1) is 0 Å². The second-order valence-corrected chi connectivity index (χ2v) is 96.2. The molecule has 0 atom stereocenters. The summed E-state index contributed by atoms with van der Waals surface area (Å²) in [5, 5.41) is 17.2. The average Bonchev–Trinajstić information content (AvgIpc) is 0.948. The Morgan fingerprint density at radius 2 is 0.231 bits per heavy atom. The minimum absolute atomic E-state index is 0. The molecule has 0 unspecified atom stereocenters. The Hall–Kier alpha value is 6.55. The van der Waals surface area contributed by atoms with Crippen molar-refractivity contribution in [3.05, 3.63) is 27.9 Å². The molecule has 0 amide bonds. The fraction of sp³-hybridized carbons (Fsp3) is 0.974. The van der Waals surface area contributed by atoms with E-state index in [1.165, 1.54) is 0 Å². The van der Waals surface area contributed by atoms with Crippen molar-refractivity contribution >= 4 is 98.8 Å². The molecule has 3 heterocycles. The molecule has 3 fully saturated rings. The third-order valence-electron chi connectivity index (χ3n) is 11.2. The number of rotatable bonds is 14. The Morgan fingerprint density at radius 3 is 0.248 bits per heavy atom. The van der Waals surface area contributed by atoms with Gasteiger partial charge in [0, 0.05) is 13.2 Å². The molecular formula is C78H190Ho2K2N6O21Si12. The second-order valence-electron chi connectivity index (χ2n) is 38.7. The Balaban J connectivity index is -0.000000110. The van der Waals surface area contributed by atoms with Crippen molar-refractivity contribution < 1.29 is 278 Å². The molecule has 0 radical (unpaired) electrons. The molecule has 0 saturated carbocycles. The van der Waals surface area contributed by atoms with Gasteiger partial charge in [-0.1, -0.05) is 335 Å². The first-order chi connectivity index (χ1) is 53.6. The summed E-state index contributed by atoms with van der Waals surface area (Å²) in [4.78, 5) is 0. The van der Waals surface area contributed by atoms with Crippen molar-refractivity contribution in [1.29, 1.82) is 0 Å². The quantitative estimate of drug-likeness (QED) is 0.115. The van der Waals surface area contributed by atoms with Crippen LogP contribution in [0.4, 0.5) is 0 Å². The number of ether oxygens (including phenoxy) is 19. The van der Waals surface area contributed by atoms with Crippen LogP contribution in [0.5, 0.6) is 0 Å². The summed E-state index contributed by atoms with van der Waals surface area (Å²) in [5.74, 6) is 0. The van der Waals surface area contributed by atoms with Gasteiger partial charge in [0.05, 0.1) is 238 Å². The first kappa shape index (κ1) is 153. The minimum atomic E-state index is -1.11. The maximum absolute atomic E-state index is 8.62. The molecule has 43 heteroatoms. The fourth-order valence-corrected chi connectivity index (χ4v) is 58.5. The molecule has 121 heavy (non-hydrogen) atoms. The van der Waals surface area contributed by atoms with Crippen LogP contribution in [-0.2, 0) is 90.0 Å². The number of hydrogen-bond acceptors (Lipinski definition) is 21. The zero-order valence-electron chi connectivity index (χ0n) is 85.7. The van der Waals surface area contributed by atoms with E-state index in [0.717, 1.165) is 25.4 Å². The maximum Gasteiger partial charge on any atom is 3.00 e. The SMILES string of the molecule is C1COCCOCCOCCOCCOCCO1.C1COCCOCCOCCOCCOCCO1.C1COCCOCCOCCOCCOCCO1.CCOCC.C[Si](C)(C)[N-][Si](C)(C)C.C[Si](C)(C)[N-][Si](C)(C)C.C[Si](C)(C)[N-][Si](C)(C)C.C[Si](C)(C)[N-][Si](C)(C)C.C[Si](C)(C)[N-][Si](C)(C)C.C[Si](C)(C)[N-][Si](C)(C)C.[Ho+3].[Ho+3].[K+].[K+].[O-]C#C[O-]. The van der Waals surface area contributed by atoms with E-state index in [-0.39, 0.29) is 178 Å². The monoisotopic (exact) mass is 2290 g/mol. The summed E-state index contributed by atoms with van der Waals surface area (Å²) in [6.45, 7) is 109. The zero-order valence-corrected chi connectivity index (χ0v) is 108. The molecule has 3 aliphatic heterocycles. The van der Waals surface area contributed by atoms with E-state index in [4.69, 9.17) is 128 Å². The van der Waals surface area contributed by atoms with Gasteiger partial charge < -0.3 is 128 Å². The Kier molecular flexibility index (Phi) is 122. The van der Waals surface area contributed by atoms with E-state index >= 15 is 0 Å². The van der Waals surface area contributed by atoms with Gasteiger partial charge in [-0.3, -0.25) is 0 Å². The van der Waals surface area contributed by atoms with Gasteiger partial charge in [-0.05, 0) is 13.8 Å². The van der Waals surface area contributed by atoms with Crippen LogP contribution in [0.2, 0.25) is 236 Å². The molecule has 730 valence electrons. The molecular weight excluding hydrogens is 2100 g/mol. The van der Waals surface area contributed by atoms with E-state index in [9.17, 15) is 0 Å². The summed E-state index contributed by atoms with van der Waals surface area (Å²) in [7, 11) is -13.3. The van der Waals surface area contributed by atoms with Crippen LogP contribution in [0.1, 0.15) is 13.8 Å². The van der Waals surface area contributed by atoms with E-state index in [2.05, 4.69) is 236 Å². The maximum atomic E-state index is 8.62. The molecule has 0 aromatic carbocycles. The van der Waals surface area contributed by atoms with Crippen LogP contribution >= 0.6 is 0 Å². The van der Waals surface area contributed by atoms with Crippen molar-refractivity contribution in [2.75, 3.05) is 251 Å². The summed E-state index contributed by atoms with van der Waals surface area (Å²) in [6.07, 6.45) is 1.75. The van der Waals surface area contributed by atoms with Gasteiger partial charge in [0.2, 0.25) is 0 Å². The standard InChI is InChI=1S/3C12H24O6.6C6H18NSi2.C4H10O.C2H2O2.2Ho.2K/c3*1-2-14-5-6-16-9-10-18-12-11-17-8-7-15-4-3-13-1;6*1-8(2,3)7-9(4,5)6;1-3-5-4-2;3-1-2-4;;;;/h3*1-12H2;6*1-6H3;3-4H2,1-2H3;3-4H;;;;/q;;;6*-1;;;2*+3;2*+1/p-2. The molecule has 0 aliphatic carbocycles. The third kappa shape index (κ3) is 198. The van der Waals surface area contributed by atoms with Crippen LogP contribution in [0.25, 0.3) is 27.9 Å². The molecule has 0 N–H and O–H groups in total. The van der Waals surface area contributed by atoms with Crippen LogP contribution < -0.4 is 113 Å².